The average Bonchev–Trinajstić information content (AvgIpc) is 2.76. The number of ether oxygens (including phenoxy) is 1. The first-order chi connectivity index (χ1) is 14.2. The first-order valence-electron chi connectivity index (χ1n) is 9.70. The summed E-state index contributed by atoms with van der Waals surface area (Å²) >= 11 is 0. The highest BCUT2D eigenvalue weighted by atomic mass is 16.5. The van der Waals surface area contributed by atoms with E-state index in [0.29, 0.717) is 23.7 Å². The van der Waals surface area contributed by atoms with Gasteiger partial charge in [-0.25, -0.2) is 9.97 Å². The SMILES string of the molecule is Cc1cc(N2CCC[C@@H](C(=O)Nc3ccccc3Oc3cccnc3)C2)ncn1. The highest BCUT2D eigenvalue weighted by Gasteiger charge is 2.27. The molecule has 0 aliphatic carbocycles. The first-order valence-corrected chi connectivity index (χ1v) is 9.70. The van der Waals surface area contributed by atoms with Crippen LogP contribution >= 0.6 is 0 Å². The van der Waals surface area contributed by atoms with E-state index in [1.807, 2.05) is 49.4 Å². The first kappa shape index (κ1) is 18.9. The number of para-hydroxylation sites is 2. The van der Waals surface area contributed by atoms with Crippen LogP contribution in [-0.4, -0.2) is 33.9 Å². The van der Waals surface area contributed by atoms with Gasteiger partial charge in [0.05, 0.1) is 17.8 Å². The van der Waals surface area contributed by atoms with Crippen LogP contribution < -0.4 is 15.0 Å². The number of anilines is 2. The molecule has 7 heteroatoms. The molecule has 3 aromatic rings. The number of carbonyl (C=O) groups is 1. The van der Waals surface area contributed by atoms with Crippen molar-refractivity contribution in [3.63, 3.8) is 0 Å². The van der Waals surface area contributed by atoms with Crippen molar-refractivity contribution in [3.05, 3.63) is 66.9 Å². The molecule has 29 heavy (non-hydrogen) atoms. The summed E-state index contributed by atoms with van der Waals surface area (Å²) in [4.78, 5) is 27.7. The van der Waals surface area contributed by atoms with Crippen LogP contribution in [0, 0.1) is 12.8 Å². The second kappa shape index (κ2) is 8.68. The van der Waals surface area contributed by atoms with Gasteiger partial charge >= 0.3 is 0 Å². The molecule has 148 valence electrons. The summed E-state index contributed by atoms with van der Waals surface area (Å²) in [5, 5.41) is 3.04. The molecule has 0 radical (unpaired) electrons. The third-order valence-corrected chi connectivity index (χ3v) is 4.91. The molecule has 1 aliphatic heterocycles. The maximum atomic E-state index is 13.0. The number of piperidine rings is 1. The maximum Gasteiger partial charge on any atom is 0.229 e. The normalized spacial score (nSPS) is 16.3. The third kappa shape index (κ3) is 4.68. The molecule has 1 amide bonds. The van der Waals surface area contributed by atoms with E-state index in [0.717, 1.165) is 30.9 Å². The number of nitrogens with one attached hydrogen (secondary N) is 1. The summed E-state index contributed by atoms with van der Waals surface area (Å²) < 4.78 is 5.90. The maximum absolute atomic E-state index is 13.0. The number of hydrogen-bond donors (Lipinski definition) is 1. The molecule has 1 N–H and O–H groups in total. The number of aromatic nitrogens is 3. The van der Waals surface area contributed by atoms with Gasteiger partial charge in [-0.05, 0) is 44.0 Å². The van der Waals surface area contributed by atoms with Crippen LogP contribution in [0.5, 0.6) is 11.5 Å². The summed E-state index contributed by atoms with van der Waals surface area (Å²) in [6.45, 7) is 3.47. The van der Waals surface area contributed by atoms with E-state index in [4.69, 9.17) is 4.74 Å². The Labute approximate surface area is 169 Å². The number of carbonyl (C=O) groups excluding carboxylic acids is 1. The monoisotopic (exact) mass is 389 g/mol. The molecule has 3 heterocycles. The molecule has 0 bridgehead atoms. The van der Waals surface area contributed by atoms with Crippen molar-refractivity contribution in [2.45, 2.75) is 19.8 Å². The quantitative estimate of drug-likeness (QED) is 0.714. The number of amides is 1. The molecule has 7 nitrogen and oxygen atoms in total. The number of rotatable bonds is 5. The summed E-state index contributed by atoms with van der Waals surface area (Å²) in [5.74, 6) is 1.95. The van der Waals surface area contributed by atoms with E-state index in [-0.39, 0.29) is 11.8 Å². The van der Waals surface area contributed by atoms with Crippen molar-refractivity contribution >= 4 is 17.4 Å². The molecular weight excluding hydrogens is 366 g/mol. The fraction of sp³-hybridized carbons (Fsp3) is 0.273. The smallest absolute Gasteiger partial charge is 0.229 e. The molecule has 0 unspecified atom stereocenters. The molecule has 1 fully saturated rings. The number of hydrogen-bond acceptors (Lipinski definition) is 6. The molecule has 1 aliphatic rings. The van der Waals surface area contributed by atoms with E-state index in [9.17, 15) is 4.79 Å². The Bertz CT molecular complexity index is 980. The summed E-state index contributed by atoms with van der Waals surface area (Å²) in [5.41, 5.74) is 1.57. The largest absolute Gasteiger partial charge is 0.454 e. The van der Waals surface area contributed by atoms with Gasteiger partial charge in [0.2, 0.25) is 5.91 Å². The zero-order valence-corrected chi connectivity index (χ0v) is 16.3. The van der Waals surface area contributed by atoms with Crippen molar-refractivity contribution < 1.29 is 9.53 Å². The van der Waals surface area contributed by atoms with E-state index < -0.39 is 0 Å². The molecular formula is C22H23N5O2. The van der Waals surface area contributed by atoms with Gasteiger partial charge in [0.1, 0.15) is 17.9 Å². The highest BCUT2D eigenvalue weighted by Crippen LogP contribution is 2.30. The van der Waals surface area contributed by atoms with Crippen LogP contribution in [-0.2, 0) is 4.79 Å². The fourth-order valence-electron chi connectivity index (χ4n) is 3.44. The van der Waals surface area contributed by atoms with E-state index in [1.165, 1.54) is 0 Å². The van der Waals surface area contributed by atoms with Crippen LogP contribution in [0.2, 0.25) is 0 Å². The van der Waals surface area contributed by atoms with Crippen molar-refractivity contribution in [1.29, 1.82) is 0 Å². The minimum atomic E-state index is -0.120. The zero-order valence-electron chi connectivity index (χ0n) is 16.3. The van der Waals surface area contributed by atoms with Crippen LogP contribution in [0.15, 0.2) is 61.2 Å². The Morgan fingerprint density at radius 2 is 2.10 bits per heavy atom. The van der Waals surface area contributed by atoms with Gasteiger partial charge in [-0.2, -0.15) is 0 Å². The predicted molar refractivity (Wildman–Crippen MR) is 111 cm³/mol. The number of benzene rings is 1. The molecule has 1 saturated heterocycles. The summed E-state index contributed by atoms with van der Waals surface area (Å²) in [6, 6.07) is 13.0. The van der Waals surface area contributed by atoms with E-state index in [2.05, 4.69) is 25.2 Å². The van der Waals surface area contributed by atoms with Gasteiger partial charge in [0.25, 0.3) is 0 Å². The number of nitrogens with zero attached hydrogens (tertiary/aromatic N) is 4. The van der Waals surface area contributed by atoms with Gasteiger partial charge in [0.15, 0.2) is 5.75 Å². The summed E-state index contributed by atoms with van der Waals surface area (Å²) in [6.07, 6.45) is 6.68. The predicted octanol–water partition coefficient (Wildman–Crippen LogP) is 3.83. The van der Waals surface area contributed by atoms with E-state index >= 15 is 0 Å². The van der Waals surface area contributed by atoms with Crippen LogP contribution in [0.25, 0.3) is 0 Å². The van der Waals surface area contributed by atoms with E-state index in [1.54, 1.807) is 18.7 Å². The van der Waals surface area contributed by atoms with Crippen molar-refractivity contribution in [1.82, 2.24) is 15.0 Å². The Kier molecular flexibility index (Phi) is 5.65. The van der Waals surface area contributed by atoms with Gasteiger partial charge in [-0.15, -0.1) is 0 Å². The molecule has 0 spiro atoms. The van der Waals surface area contributed by atoms with Gasteiger partial charge in [-0.1, -0.05) is 12.1 Å². The molecule has 0 saturated carbocycles. The Morgan fingerprint density at radius 3 is 2.93 bits per heavy atom. The molecule has 2 aromatic heterocycles. The number of pyridine rings is 1. The van der Waals surface area contributed by atoms with Gasteiger partial charge < -0.3 is 15.0 Å². The van der Waals surface area contributed by atoms with Gasteiger partial charge in [0, 0.05) is 31.0 Å². The lowest BCUT2D eigenvalue weighted by Gasteiger charge is -2.33. The molecule has 4 rings (SSSR count). The minimum Gasteiger partial charge on any atom is -0.454 e. The average molecular weight is 389 g/mol. The van der Waals surface area contributed by atoms with Crippen LogP contribution in [0.3, 0.4) is 0 Å². The fourth-order valence-corrected chi connectivity index (χ4v) is 3.44. The minimum absolute atomic E-state index is 0.0114. The molecule has 1 atom stereocenters. The second-order valence-electron chi connectivity index (χ2n) is 7.08. The van der Waals surface area contributed by atoms with Gasteiger partial charge in [-0.3, -0.25) is 9.78 Å². The second-order valence-corrected chi connectivity index (χ2v) is 7.08. The van der Waals surface area contributed by atoms with Crippen molar-refractivity contribution in [3.8, 4) is 11.5 Å². The lowest BCUT2D eigenvalue weighted by Crippen LogP contribution is -2.41. The number of aryl methyl sites for hydroxylation is 1. The van der Waals surface area contributed by atoms with Crippen LogP contribution in [0.1, 0.15) is 18.5 Å². The standard InChI is InChI=1S/C22H23N5O2/c1-16-12-21(25-15-24-16)27-11-5-6-17(14-27)22(28)26-19-8-2-3-9-20(19)29-18-7-4-10-23-13-18/h2-4,7-10,12-13,15,17H,5-6,11,14H2,1H3,(H,26,28)/t17-/m1/s1. The molecule has 1 aromatic carbocycles. The Hall–Kier alpha value is -3.48. The zero-order chi connectivity index (χ0) is 20.1. The highest BCUT2D eigenvalue weighted by molar-refractivity contribution is 5.94. The Balaban J connectivity index is 1.45. The Morgan fingerprint density at radius 1 is 1.21 bits per heavy atom. The van der Waals surface area contributed by atoms with Crippen LogP contribution in [0.4, 0.5) is 11.5 Å². The topological polar surface area (TPSA) is 80.2 Å². The summed E-state index contributed by atoms with van der Waals surface area (Å²) in [7, 11) is 0. The third-order valence-electron chi connectivity index (χ3n) is 4.91. The van der Waals surface area contributed by atoms with Crippen molar-refractivity contribution in [2.24, 2.45) is 5.92 Å². The lowest BCUT2D eigenvalue weighted by molar-refractivity contribution is -0.120. The lowest BCUT2D eigenvalue weighted by atomic mass is 9.97. The van der Waals surface area contributed by atoms with Crippen molar-refractivity contribution in [2.75, 3.05) is 23.3 Å².